The Morgan fingerprint density at radius 1 is 1.35 bits per heavy atom. The van der Waals surface area contributed by atoms with E-state index in [1.807, 2.05) is 11.8 Å². The van der Waals surface area contributed by atoms with Gasteiger partial charge in [-0.1, -0.05) is 26.7 Å². The summed E-state index contributed by atoms with van der Waals surface area (Å²) in [5.74, 6) is 1.02. The Morgan fingerprint density at radius 3 is 2.76 bits per heavy atom. The highest BCUT2D eigenvalue weighted by Gasteiger charge is 2.27. The van der Waals surface area contributed by atoms with Gasteiger partial charge in [-0.2, -0.15) is 11.8 Å². The molecule has 1 aliphatic carbocycles. The fraction of sp³-hybridized carbons (Fsp3) is 0.923. The number of thioether (sulfide) groups is 1. The average molecular weight is 255 g/mol. The smallest absolute Gasteiger partial charge is 0.191 e. The van der Waals surface area contributed by atoms with Crippen LogP contribution in [0.4, 0.5) is 0 Å². The summed E-state index contributed by atoms with van der Waals surface area (Å²) in [6.07, 6.45) is 7.60. The number of hydrogen-bond acceptors (Lipinski definition) is 4. The third-order valence-electron chi connectivity index (χ3n) is 3.73. The van der Waals surface area contributed by atoms with E-state index in [-0.39, 0.29) is 0 Å². The van der Waals surface area contributed by atoms with Gasteiger partial charge in [0.2, 0.25) is 0 Å². The van der Waals surface area contributed by atoms with Crippen molar-refractivity contribution in [2.45, 2.75) is 50.8 Å². The minimum absolute atomic E-state index is 0.302. The first kappa shape index (κ1) is 13.1. The summed E-state index contributed by atoms with van der Waals surface area (Å²) in [6.45, 7) is 6.46. The van der Waals surface area contributed by atoms with Gasteiger partial charge in [-0.15, -0.1) is 0 Å². The zero-order chi connectivity index (χ0) is 12.3. The molecule has 0 spiro atoms. The highest BCUT2D eigenvalue weighted by atomic mass is 32.2. The maximum atomic E-state index is 4.63. The first-order chi connectivity index (χ1) is 8.11. The molecule has 1 aliphatic heterocycles. The summed E-state index contributed by atoms with van der Waals surface area (Å²) in [5.41, 5.74) is 0.302. The lowest BCUT2D eigenvalue weighted by Gasteiger charge is -2.35. The third kappa shape index (κ3) is 3.54. The second kappa shape index (κ2) is 5.51. The van der Waals surface area contributed by atoms with Crippen LogP contribution in [-0.4, -0.2) is 36.6 Å². The normalized spacial score (nSPS) is 32.5. The van der Waals surface area contributed by atoms with Gasteiger partial charge in [-0.25, -0.2) is 0 Å². The number of aliphatic imine (C=N–C) groups is 1. The Bertz CT molecular complexity index is 288. The molecule has 2 rings (SSSR count). The van der Waals surface area contributed by atoms with Crippen LogP contribution in [0.2, 0.25) is 0 Å². The quantitative estimate of drug-likeness (QED) is 0.794. The van der Waals surface area contributed by atoms with Crippen molar-refractivity contribution >= 4 is 17.7 Å². The molecule has 98 valence electrons. The first-order valence-corrected chi connectivity index (χ1v) is 7.97. The predicted molar refractivity (Wildman–Crippen MR) is 76.8 cm³/mol. The molecule has 0 amide bonds. The summed E-state index contributed by atoms with van der Waals surface area (Å²) in [5, 5.41) is 7.80. The fourth-order valence-electron chi connectivity index (χ4n) is 2.54. The number of nitrogens with one attached hydrogen (secondary N) is 2. The summed E-state index contributed by atoms with van der Waals surface area (Å²) in [7, 11) is 0. The summed E-state index contributed by atoms with van der Waals surface area (Å²) in [4.78, 5) is 4.63. The van der Waals surface area contributed by atoms with Crippen molar-refractivity contribution in [3.05, 3.63) is 0 Å². The van der Waals surface area contributed by atoms with E-state index in [9.17, 15) is 0 Å². The molecule has 2 atom stereocenters. The Kier molecular flexibility index (Phi) is 4.23. The maximum Gasteiger partial charge on any atom is 0.191 e. The Balaban J connectivity index is 1.90. The number of hydrogen-bond donors (Lipinski definition) is 2. The Morgan fingerprint density at radius 2 is 2.12 bits per heavy atom. The molecule has 0 bridgehead atoms. The van der Waals surface area contributed by atoms with E-state index in [0.717, 1.165) is 24.3 Å². The molecule has 1 fully saturated rings. The van der Waals surface area contributed by atoms with Crippen molar-refractivity contribution in [1.82, 2.24) is 10.6 Å². The molecule has 0 aromatic carbocycles. The van der Waals surface area contributed by atoms with Crippen molar-refractivity contribution in [2.75, 3.05) is 19.3 Å². The van der Waals surface area contributed by atoms with Crippen molar-refractivity contribution in [3.8, 4) is 0 Å². The number of nitrogens with zero attached hydrogens (tertiary/aromatic N) is 1. The average Bonchev–Trinajstić information content (AvgIpc) is 2.32. The lowest BCUT2D eigenvalue weighted by Crippen LogP contribution is -2.53. The number of rotatable bonds is 2. The van der Waals surface area contributed by atoms with Crippen LogP contribution in [0.25, 0.3) is 0 Å². The van der Waals surface area contributed by atoms with Gasteiger partial charge in [0.15, 0.2) is 5.96 Å². The molecule has 0 aromatic rings. The molecular formula is C13H25N3S. The van der Waals surface area contributed by atoms with Crippen LogP contribution in [0.15, 0.2) is 4.99 Å². The van der Waals surface area contributed by atoms with Crippen molar-refractivity contribution in [2.24, 2.45) is 10.4 Å². The van der Waals surface area contributed by atoms with Gasteiger partial charge in [0.05, 0.1) is 0 Å². The lowest BCUT2D eigenvalue weighted by atomic mass is 9.92. The van der Waals surface area contributed by atoms with E-state index in [1.54, 1.807) is 0 Å². The molecule has 4 heteroatoms. The molecule has 1 heterocycles. The van der Waals surface area contributed by atoms with Crippen LogP contribution >= 0.6 is 11.8 Å². The SMILES string of the molecule is CSC1CCCCC1NC1=NCC(C)(C)CN1. The van der Waals surface area contributed by atoms with Gasteiger partial charge >= 0.3 is 0 Å². The minimum Gasteiger partial charge on any atom is -0.356 e. The Labute approximate surface area is 109 Å². The van der Waals surface area contributed by atoms with Crippen molar-refractivity contribution < 1.29 is 0 Å². The summed E-state index contributed by atoms with van der Waals surface area (Å²) in [6, 6.07) is 0.603. The zero-order valence-corrected chi connectivity index (χ0v) is 12.1. The van der Waals surface area contributed by atoms with Crippen LogP contribution in [0, 0.1) is 5.41 Å². The van der Waals surface area contributed by atoms with E-state index in [4.69, 9.17) is 0 Å². The highest BCUT2D eigenvalue weighted by molar-refractivity contribution is 7.99. The highest BCUT2D eigenvalue weighted by Crippen LogP contribution is 2.27. The predicted octanol–water partition coefficient (Wildman–Crippen LogP) is 2.24. The monoisotopic (exact) mass is 255 g/mol. The molecule has 0 radical (unpaired) electrons. The van der Waals surface area contributed by atoms with Crippen LogP contribution in [0.5, 0.6) is 0 Å². The van der Waals surface area contributed by atoms with Crippen LogP contribution in [-0.2, 0) is 0 Å². The van der Waals surface area contributed by atoms with Gasteiger partial charge in [0, 0.05) is 29.8 Å². The molecule has 1 saturated carbocycles. The molecular weight excluding hydrogens is 230 g/mol. The molecule has 2 N–H and O–H groups in total. The van der Waals surface area contributed by atoms with Gasteiger partial charge < -0.3 is 10.6 Å². The van der Waals surface area contributed by atoms with Gasteiger partial charge in [0.1, 0.15) is 0 Å². The standard InChI is InChI=1S/C13H25N3S/c1-13(2)8-14-12(15-9-13)16-10-6-4-5-7-11(10)17-3/h10-11H,4-9H2,1-3H3,(H2,14,15,16). The van der Waals surface area contributed by atoms with Gasteiger partial charge in [-0.05, 0) is 19.1 Å². The first-order valence-electron chi connectivity index (χ1n) is 6.68. The van der Waals surface area contributed by atoms with Crippen LogP contribution in [0.1, 0.15) is 39.5 Å². The van der Waals surface area contributed by atoms with Crippen molar-refractivity contribution in [3.63, 3.8) is 0 Å². The molecule has 2 unspecified atom stereocenters. The lowest BCUT2D eigenvalue weighted by molar-refractivity contribution is 0.350. The molecule has 17 heavy (non-hydrogen) atoms. The zero-order valence-electron chi connectivity index (χ0n) is 11.3. The molecule has 0 aromatic heterocycles. The van der Waals surface area contributed by atoms with Gasteiger partial charge in [0.25, 0.3) is 0 Å². The van der Waals surface area contributed by atoms with Crippen LogP contribution in [0.3, 0.4) is 0 Å². The third-order valence-corrected chi connectivity index (χ3v) is 4.90. The molecule has 0 saturated heterocycles. The topological polar surface area (TPSA) is 36.4 Å². The van der Waals surface area contributed by atoms with E-state index >= 15 is 0 Å². The van der Waals surface area contributed by atoms with E-state index in [2.05, 4.69) is 35.7 Å². The Hall–Kier alpha value is -0.380. The molecule has 3 nitrogen and oxygen atoms in total. The summed E-state index contributed by atoms with van der Waals surface area (Å²) < 4.78 is 0. The second-order valence-electron chi connectivity index (χ2n) is 5.99. The van der Waals surface area contributed by atoms with Gasteiger partial charge in [-0.3, -0.25) is 4.99 Å². The molecule has 2 aliphatic rings. The van der Waals surface area contributed by atoms with Crippen LogP contribution < -0.4 is 10.6 Å². The minimum atomic E-state index is 0.302. The number of guanidine groups is 1. The summed E-state index contributed by atoms with van der Waals surface area (Å²) >= 11 is 2.00. The van der Waals surface area contributed by atoms with E-state index < -0.39 is 0 Å². The van der Waals surface area contributed by atoms with Crippen molar-refractivity contribution in [1.29, 1.82) is 0 Å². The fourth-order valence-corrected chi connectivity index (χ4v) is 3.48. The van der Waals surface area contributed by atoms with E-state index in [0.29, 0.717) is 11.5 Å². The van der Waals surface area contributed by atoms with E-state index in [1.165, 1.54) is 25.7 Å². The largest absolute Gasteiger partial charge is 0.356 e. The maximum absolute atomic E-state index is 4.63. The second-order valence-corrected chi connectivity index (χ2v) is 7.07.